The van der Waals surface area contributed by atoms with E-state index >= 15 is 0 Å². The molecule has 0 heterocycles. The molecular formula is C23H22ClF4N3O4. The quantitative estimate of drug-likeness (QED) is 0.266. The Morgan fingerprint density at radius 3 is 2.43 bits per heavy atom. The molecule has 2 aromatic carbocycles. The number of amides is 1. The normalized spacial score (nSPS) is 21.5. The molecule has 3 rings (SSSR count). The Morgan fingerprint density at radius 1 is 1.11 bits per heavy atom. The van der Waals surface area contributed by atoms with Crippen molar-refractivity contribution in [1.82, 2.24) is 5.32 Å². The predicted molar refractivity (Wildman–Crippen MR) is 119 cm³/mol. The van der Waals surface area contributed by atoms with Crippen molar-refractivity contribution in [3.8, 4) is 11.5 Å². The summed E-state index contributed by atoms with van der Waals surface area (Å²) in [5.74, 6) is -1.58. The fourth-order valence-corrected chi connectivity index (χ4v) is 4.20. The highest BCUT2D eigenvalue weighted by atomic mass is 35.5. The smallest absolute Gasteiger partial charge is 0.416 e. The lowest BCUT2D eigenvalue weighted by Gasteiger charge is -2.52. The van der Waals surface area contributed by atoms with Gasteiger partial charge in [-0.15, -0.1) is 0 Å². The van der Waals surface area contributed by atoms with Gasteiger partial charge in [-0.2, -0.15) is 13.2 Å². The fourth-order valence-electron chi connectivity index (χ4n) is 4.09. The van der Waals surface area contributed by atoms with Crippen LogP contribution in [-0.2, 0) is 15.7 Å². The Hall–Kier alpha value is -3.34. The molecule has 3 N–H and O–H groups in total. The van der Waals surface area contributed by atoms with Crippen molar-refractivity contribution in [1.29, 1.82) is 10.8 Å². The molecule has 0 saturated heterocycles. The van der Waals surface area contributed by atoms with Crippen molar-refractivity contribution < 1.29 is 36.6 Å². The molecule has 1 saturated carbocycles. The number of ether oxygens (including phenoxy) is 3. The van der Waals surface area contributed by atoms with Crippen LogP contribution < -0.4 is 14.8 Å². The molecule has 0 unspecified atom stereocenters. The van der Waals surface area contributed by atoms with Crippen LogP contribution in [0.25, 0.3) is 0 Å². The average molecular weight is 516 g/mol. The summed E-state index contributed by atoms with van der Waals surface area (Å²) in [5.41, 5.74) is -2.48. The number of carbonyl (C=O) groups is 1. The molecule has 12 heteroatoms. The Labute approximate surface area is 203 Å². The number of alkyl halides is 3. The van der Waals surface area contributed by atoms with Crippen LogP contribution in [0.15, 0.2) is 42.5 Å². The third-order valence-electron chi connectivity index (χ3n) is 5.38. The van der Waals surface area contributed by atoms with Gasteiger partial charge in [0.05, 0.1) is 10.6 Å². The third-order valence-corrected chi connectivity index (χ3v) is 5.68. The van der Waals surface area contributed by atoms with Crippen molar-refractivity contribution in [2.75, 3.05) is 6.61 Å². The van der Waals surface area contributed by atoms with Crippen LogP contribution in [0, 0.1) is 22.1 Å². The topological polar surface area (TPSA) is 104 Å². The van der Waals surface area contributed by atoms with Gasteiger partial charge in [0.15, 0.2) is 12.5 Å². The lowest BCUT2D eigenvalue weighted by molar-refractivity contribution is -0.137. The van der Waals surface area contributed by atoms with Crippen molar-refractivity contribution in [3.63, 3.8) is 0 Å². The summed E-state index contributed by atoms with van der Waals surface area (Å²) in [6.45, 7) is 3.08. The highest BCUT2D eigenvalue weighted by molar-refractivity contribution is 6.30. The van der Waals surface area contributed by atoms with Crippen LogP contribution in [0.4, 0.5) is 17.6 Å². The monoisotopic (exact) mass is 515 g/mol. The van der Waals surface area contributed by atoms with E-state index in [9.17, 15) is 22.4 Å². The second kappa shape index (κ2) is 9.73. The number of carbonyl (C=O) groups excluding carboxylic acids is 1. The molecule has 188 valence electrons. The third kappa shape index (κ3) is 6.62. The predicted octanol–water partition coefficient (Wildman–Crippen LogP) is 5.56. The zero-order valence-electron chi connectivity index (χ0n) is 18.7. The minimum Gasteiger partial charge on any atom is -0.484 e. The lowest BCUT2D eigenvalue weighted by atomic mass is 9.59. The number of halogens is 5. The summed E-state index contributed by atoms with van der Waals surface area (Å²) in [5, 5.41) is 18.6. The zero-order valence-corrected chi connectivity index (χ0v) is 19.4. The van der Waals surface area contributed by atoms with E-state index < -0.39 is 40.5 Å². The molecule has 0 atom stereocenters. The Morgan fingerprint density at radius 2 is 1.80 bits per heavy atom. The molecule has 0 aliphatic heterocycles. The van der Waals surface area contributed by atoms with Gasteiger partial charge < -0.3 is 19.5 Å². The molecule has 0 spiro atoms. The molecule has 7 nitrogen and oxygen atoms in total. The van der Waals surface area contributed by atoms with E-state index in [1.54, 1.807) is 13.8 Å². The molecule has 1 amide bonds. The minimum absolute atomic E-state index is 0.0685. The zero-order chi connectivity index (χ0) is 26.0. The Balaban J connectivity index is 1.48. The van der Waals surface area contributed by atoms with Gasteiger partial charge in [0.1, 0.15) is 17.3 Å². The highest BCUT2D eigenvalue weighted by Crippen LogP contribution is 2.49. The molecule has 0 bridgehead atoms. The minimum atomic E-state index is -4.57. The van der Waals surface area contributed by atoms with Crippen molar-refractivity contribution in [3.05, 3.63) is 58.9 Å². The molecule has 1 aliphatic carbocycles. The molecule has 0 radical (unpaired) electrons. The van der Waals surface area contributed by atoms with E-state index in [-0.39, 0.29) is 41.9 Å². The maximum atomic E-state index is 13.5. The van der Waals surface area contributed by atoms with Crippen LogP contribution in [-0.4, -0.2) is 30.0 Å². The molecule has 2 aromatic rings. The van der Waals surface area contributed by atoms with E-state index in [1.165, 1.54) is 18.2 Å². The van der Waals surface area contributed by atoms with Gasteiger partial charge in [0.25, 0.3) is 5.91 Å². The van der Waals surface area contributed by atoms with E-state index in [2.05, 4.69) is 5.32 Å². The van der Waals surface area contributed by atoms with Gasteiger partial charge >= 0.3 is 12.3 Å². The SMILES string of the molecule is CC1(NC(=O)COc2ccc(Cl)c(F)c2)CC(C)(C(=N)OC(=N)Oc2cccc(C(F)(F)F)c2)C1. The molecule has 1 aliphatic rings. The Kier molecular flexibility index (Phi) is 7.30. The number of rotatable bonds is 6. The maximum absolute atomic E-state index is 13.5. The van der Waals surface area contributed by atoms with Gasteiger partial charge in [0, 0.05) is 17.0 Å². The first-order valence-electron chi connectivity index (χ1n) is 10.3. The summed E-state index contributed by atoms with van der Waals surface area (Å²) in [7, 11) is 0. The molecule has 35 heavy (non-hydrogen) atoms. The summed E-state index contributed by atoms with van der Waals surface area (Å²) < 4.78 is 67.3. The summed E-state index contributed by atoms with van der Waals surface area (Å²) >= 11 is 5.60. The van der Waals surface area contributed by atoms with Gasteiger partial charge in [-0.3, -0.25) is 10.2 Å². The van der Waals surface area contributed by atoms with E-state index in [4.69, 9.17) is 36.6 Å². The number of benzene rings is 2. The average Bonchev–Trinajstić information content (AvgIpc) is 2.73. The van der Waals surface area contributed by atoms with Gasteiger partial charge in [-0.05, 0) is 50.1 Å². The second-order valence-electron chi connectivity index (χ2n) is 8.73. The van der Waals surface area contributed by atoms with Crippen LogP contribution in [0.2, 0.25) is 5.02 Å². The number of hydrogen-bond donors (Lipinski definition) is 3. The number of nitrogens with one attached hydrogen (secondary N) is 3. The van der Waals surface area contributed by atoms with Crippen LogP contribution >= 0.6 is 11.6 Å². The van der Waals surface area contributed by atoms with Gasteiger partial charge in [-0.1, -0.05) is 24.6 Å². The standard InChI is InChI=1S/C23H22ClF4N3O4/c1-21(19(29)35-20(30)34-15-5-3-4-13(8-15)23(26,27)28)11-22(2,12-21)31-18(32)10-33-14-6-7-16(24)17(25)9-14/h3-9,29-30H,10-12H2,1-2H3,(H,31,32). The van der Waals surface area contributed by atoms with E-state index in [1.807, 2.05) is 0 Å². The first-order valence-corrected chi connectivity index (χ1v) is 10.7. The first-order chi connectivity index (χ1) is 16.2. The van der Waals surface area contributed by atoms with Crippen LogP contribution in [0.3, 0.4) is 0 Å². The van der Waals surface area contributed by atoms with Gasteiger partial charge in [0.2, 0.25) is 0 Å². The molecule has 1 fully saturated rings. The van der Waals surface area contributed by atoms with E-state index in [0.717, 1.165) is 24.3 Å². The van der Waals surface area contributed by atoms with Crippen LogP contribution in [0.1, 0.15) is 32.3 Å². The van der Waals surface area contributed by atoms with Crippen LogP contribution in [0.5, 0.6) is 11.5 Å². The lowest BCUT2D eigenvalue weighted by Crippen LogP contribution is -2.62. The summed E-state index contributed by atoms with van der Waals surface area (Å²) in [6.07, 6.45) is -4.84. The molecule has 0 aromatic heterocycles. The van der Waals surface area contributed by atoms with E-state index in [0.29, 0.717) is 0 Å². The fraction of sp³-hybridized carbons (Fsp3) is 0.348. The first kappa shape index (κ1) is 26.3. The molecular weight excluding hydrogens is 494 g/mol. The highest BCUT2D eigenvalue weighted by Gasteiger charge is 2.53. The van der Waals surface area contributed by atoms with Crippen molar-refractivity contribution >= 4 is 29.5 Å². The Bertz CT molecular complexity index is 1150. The number of hydrogen-bond acceptors (Lipinski definition) is 6. The van der Waals surface area contributed by atoms with Crippen molar-refractivity contribution in [2.45, 2.75) is 38.4 Å². The maximum Gasteiger partial charge on any atom is 0.416 e. The van der Waals surface area contributed by atoms with Crippen molar-refractivity contribution in [2.24, 2.45) is 5.41 Å². The second-order valence-corrected chi connectivity index (χ2v) is 9.14. The summed E-state index contributed by atoms with van der Waals surface area (Å²) in [6, 6.07) is 7.74. The van der Waals surface area contributed by atoms with Gasteiger partial charge in [-0.25, -0.2) is 9.80 Å². The summed E-state index contributed by atoms with van der Waals surface area (Å²) in [4.78, 5) is 12.3. The largest absolute Gasteiger partial charge is 0.484 e.